The fourth-order valence-corrected chi connectivity index (χ4v) is 3.75. The van der Waals surface area contributed by atoms with E-state index in [1.54, 1.807) is 18.2 Å². The number of H-pyrrole nitrogens is 1. The Morgan fingerprint density at radius 2 is 1.90 bits per heavy atom. The molecule has 1 saturated heterocycles. The van der Waals surface area contributed by atoms with Gasteiger partial charge >= 0.3 is 5.69 Å². The minimum atomic E-state index is -0.505. The van der Waals surface area contributed by atoms with Gasteiger partial charge < -0.3 is 19.9 Å². The fourth-order valence-electron chi connectivity index (χ4n) is 3.75. The van der Waals surface area contributed by atoms with Gasteiger partial charge in [-0.3, -0.25) is 14.2 Å². The van der Waals surface area contributed by atoms with Gasteiger partial charge in [0, 0.05) is 19.2 Å². The Morgan fingerprint density at radius 3 is 2.62 bits per heavy atom. The number of carbonyl (C=O) groups excluding carboxylic acids is 1. The van der Waals surface area contributed by atoms with Crippen LogP contribution in [0.25, 0.3) is 10.9 Å². The van der Waals surface area contributed by atoms with Crippen LogP contribution < -0.4 is 16.6 Å². The molecule has 1 aliphatic rings. The fraction of sp³-hybridized carbons (Fsp3) is 0.571. The number of fused-ring (bicyclic) bond motifs is 1. The summed E-state index contributed by atoms with van der Waals surface area (Å²) in [4.78, 5) is 42.3. The summed E-state index contributed by atoms with van der Waals surface area (Å²) in [5.74, 6) is -0.202. The Balaban J connectivity index is 1.61. The lowest BCUT2D eigenvalue weighted by atomic mass is 10.1. The normalized spacial score (nSPS) is 15.3. The van der Waals surface area contributed by atoms with Crippen molar-refractivity contribution in [3.8, 4) is 0 Å². The maximum Gasteiger partial charge on any atom is 0.328 e. The zero-order chi connectivity index (χ0) is 20.6. The lowest BCUT2D eigenvalue weighted by molar-refractivity contribution is 0.0951. The lowest BCUT2D eigenvalue weighted by Gasteiger charge is -2.19. The monoisotopic (exact) mass is 402 g/mol. The SMILES string of the molecule is COCCn1c(=O)[nH]c2cc(C(=O)NCCCN3CCCCCC3)ccc2c1=O. The van der Waals surface area contributed by atoms with Crippen molar-refractivity contribution in [2.75, 3.05) is 39.9 Å². The molecule has 8 heteroatoms. The largest absolute Gasteiger partial charge is 0.383 e. The Bertz CT molecular complexity index is 942. The third-order valence-corrected chi connectivity index (χ3v) is 5.40. The number of carbonyl (C=O) groups is 1. The average Bonchev–Trinajstić information content (AvgIpc) is 2.99. The van der Waals surface area contributed by atoms with Crippen LogP contribution in [0, 0.1) is 0 Å². The zero-order valence-electron chi connectivity index (χ0n) is 17.0. The van der Waals surface area contributed by atoms with Crippen molar-refractivity contribution >= 4 is 16.8 Å². The van der Waals surface area contributed by atoms with Crippen molar-refractivity contribution in [1.29, 1.82) is 0 Å². The predicted octanol–water partition coefficient (Wildman–Crippen LogP) is 1.33. The van der Waals surface area contributed by atoms with E-state index in [0.29, 0.717) is 23.0 Å². The summed E-state index contributed by atoms with van der Waals surface area (Å²) in [6.45, 7) is 4.34. The minimum Gasteiger partial charge on any atom is -0.383 e. The first-order chi connectivity index (χ1) is 14.1. The molecule has 2 heterocycles. The summed E-state index contributed by atoms with van der Waals surface area (Å²) >= 11 is 0. The van der Waals surface area contributed by atoms with Crippen molar-refractivity contribution < 1.29 is 9.53 Å². The number of rotatable bonds is 8. The van der Waals surface area contributed by atoms with E-state index in [9.17, 15) is 14.4 Å². The van der Waals surface area contributed by atoms with Gasteiger partial charge in [-0.25, -0.2) is 4.79 Å². The van der Waals surface area contributed by atoms with E-state index in [0.717, 1.165) is 30.6 Å². The lowest BCUT2D eigenvalue weighted by Crippen LogP contribution is -2.36. The van der Waals surface area contributed by atoms with E-state index in [1.165, 1.54) is 32.8 Å². The van der Waals surface area contributed by atoms with Gasteiger partial charge in [0.15, 0.2) is 0 Å². The summed E-state index contributed by atoms with van der Waals surface area (Å²) < 4.78 is 6.05. The van der Waals surface area contributed by atoms with Gasteiger partial charge in [0.05, 0.1) is 24.1 Å². The smallest absolute Gasteiger partial charge is 0.328 e. The van der Waals surface area contributed by atoms with E-state index < -0.39 is 5.69 Å². The molecule has 8 nitrogen and oxygen atoms in total. The molecule has 2 aromatic rings. The average molecular weight is 402 g/mol. The number of benzene rings is 1. The van der Waals surface area contributed by atoms with Gasteiger partial charge in [-0.1, -0.05) is 12.8 Å². The highest BCUT2D eigenvalue weighted by Gasteiger charge is 2.12. The molecule has 0 unspecified atom stereocenters. The molecule has 3 rings (SSSR count). The van der Waals surface area contributed by atoms with Crippen LogP contribution >= 0.6 is 0 Å². The summed E-state index contributed by atoms with van der Waals surface area (Å²) in [5, 5.41) is 3.30. The standard InChI is InChI=1S/C21H30N4O4/c1-29-14-13-25-20(27)17-8-7-16(15-18(17)23-21(25)28)19(26)22-9-6-12-24-10-4-2-3-5-11-24/h7-8,15H,2-6,9-14H2,1H3,(H,22,26)(H,23,28). The number of nitrogens with zero attached hydrogens (tertiary/aromatic N) is 2. The Morgan fingerprint density at radius 1 is 1.14 bits per heavy atom. The number of aromatic amines is 1. The van der Waals surface area contributed by atoms with Gasteiger partial charge in [-0.05, 0) is 57.1 Å². The molecule has 1 amide bonds. The number of hydrogen-bond acceptors (Lipinski definition) is 5. The third kappa shape index (κ3) is 5.55. The minimum absolute atomic E-state index is 0.180. The highest BCUT2D eigenvalue weighted by atomic mass is 16.5. The van der Waals surface area contributed by atoms with Crippen molar-refractivity contribution in [2.24, 2.45) is 0 Å². The van der Waals surface area contributed by atoms with Gasteiger partial charge in [0.25, 0.3) is 11.5 Å². The zero-order valence-corrected chi connectivity index (χ0v) is 17.0. The van der Waals surface area contributed by atoms with Gasteiger partial charge in [-0.15, -0.1) is 0 Å². The summed E-state index contributed by atoms with van der Waals surface area (Å²) in [6.07, 6.45) is 6.05. The van der Waals surface area contributed by atoms with Crippen molar-refractivity contribution in [3.63, 3.8) is 0 Å². The predicted molar refractivity (Wildman–Crippen MR) is 113 cm³/mol. The molecule has 0 atom stereocenters. The molecule has 2 N–H and O–H groups in total. The topological polar surface area (TPSA) is 96.4 Å². The van der Waals surface area contributed by atoms with E-state index in [-0.39, 0.29) is 24.6 Å². The number of amides is 1. The second-order valence-electron chi connectivity index (χ2n) is 7.51. The summed E-state index contributed by atoms with van der Waals surface area (Å²) in [6, 6.07) is 4.76. The van der Waals surface area contributed by atoms with Gasteiger partial charge in [0.1, 0.15) is 0 Å². The first kappa shape index (κ1) is 21.3. The van der Waals surface area contributed by atoms with Crippen LogP contribution in [0.5, 0.6) is 0 Å². The van der Waals surface area contributed by atoms with Crippen LogP contribution in [0.2, 0.25) is 0 Å². The first-order valence-electron chi connectivity index (χ1n) is 10.4. The first-order valence-corrected chi connectivity index (χ1v) is 10.4. The number of hydrogen-bond donors (Lipinski definition) is 2. The van der Waals surface area contributed by atoms with Gasteiger partial charge in [0.2, 0.25) is 0 Å². The second-order valence-corrected chi connectivity index (χ2v) is 7.51. The molecular formula is C21H30N4O4. The van der Waals surface area contributed by atoms with Crippen LogP contribution in [0.4, 0.5) is 0 Å². The second kappa shape index (κ2) is 10.4. The van der Waals surface area contributed by atoms with Crippen molar-refractivity contribution in [1.82, 2.24) is 19.8 Å². The molecule has 0 aliphatic carbocycles. The number of likely N-dealkylation sites (tertiary alicyclic amines) is 1. The number of methoxy groups -OCH3 is 1. The van der Waals surface area contributed by atoms with Crippen LogP contribution in [-0.4, -0.2) is 60.3 Å². The summed E-state index contributed by atoms with van der Waals surface area (Å²) in [5.41, 5.74) is -0.0948. The maximum absolute atomic E-state index is 12.5. The molecule has 0 saturated carbocycles. The number of ether oxygens (including phenoxy) is 1. The molecule has 0 spiro atoms. The van der Waals surface area contributed by atoms with Crippen LogP contribution in [0.15, 0.2) is 27.8 Å². The van der Waals surface area contributed by atoms with E-state index in [1.807, 2.05) is 0 Å². The molecule has 1 aromatic carbocycles. The van der Waals surface area contributed by atoms with E-state index >= 15 is 0 Å². The molecule has 1 aromatic heterocycles. The highest BCUT2D eigenvalue weighted by Crippen LogP contribution is 2.11. The third-order valence-electron chi connectivity index (χ3n) is 5.40. The molecule has 29 heavy (non-hydrogen) atoms. The molecule has 1 aliphatic heterocycles. The Kier molecular flexibility index (Phi) is 7.60. The molecule has 0 bridgehead atoms. The number of aromatic nitrogens is 2. The quantitative estimate of drug-likeness (QED) is 0.650. The van der Waals surface area contributed by atoms with Crippen molar-refractivity contribution in [2.45, 2.75) is 38.6 Å². The Hall–Kier alpha value is -2.45. The molecular weight excluding hydrogens is 372 g/mol. The summed E-state index contributed by atoms with van der Waals surface area (Å²) in [7, 11) is 1.51. The van der Waals surface area contributed by atoms with E-state index in [4.69, 9.17) is 4.74 Å². The van der Waals surface area contributed by atoms with E-state index in [2.05, 4.69) is 15.2 Å². The molecule has 1 fully saturated rings. The maximum atomic E-state index is 12.5. The van der Waals surface area contributed by atoms with Crippen LogP contribution in [-0.2, 0) is 11.3 Å². The van der Waals surface area contributed by atoms with Crippen molar-refractivity contribution in [3.05, 3.63) is 44.6 Å². The molecule has 158 valence electrons. The Labute approximate surface area is 169 Å². The molecule has 0 radical (unpaired) electrons. The van der Waals surface area contributed by atoms with Crippen LogP contribution in [0.3, 0.4) is 0 Å². The van der Waals surface area contributed by atoms with Gasteiger partial charge in [-0.2, -0.15) is 0 Å². The highest BCUT2D eigenvalue weighted by molar-refractivity contribution is 5.97. The van der Waals surface area contributed by atoms with Crippen LogP contribution in [0.1, 0.15) is 42.5 Å². The number of nitrogens with one attached hydrogen (secondary N) is 2.